The van der Waals surface area contributed by atoms with Crippen LogP contribution in [0, 0.1) is 0 Å². The van der Waals surface area contributed by atoms with Crippen LogP contribution in [0.4, 0.5) is 0 Å². The van der Waals surface area contributed by atoms with E-state index in [2.05, 4.69) is 0 Å². The van der Waals surface area contributed by atoms with Crippen molar-refractivity contribution >= 4 is 29.3 Å². The highest BCUT2D eigenvalue weighted by molar-refractivity contribution is 8.00. The first-order valence-electron chi connectivity index (χ1n) is 4.39. The van der Waals surface area contributed by atoms with Crippen molar-refractivity contribution in [1.82, 2.24) is 4.90 Å². The first-order chi connectivity index (χ1) is 6.74. The van der Waals surface area contributed by atoms with Crippen molar-refractivity contribution in [3.05, 3.63) is 23.5 Å². The standard InChI is InChI=1S/C9H11ClN2OS/c10-3-1-2-6-5-14-8-4-7(13)12(8)9(6)11/h1-2,8H,3-5,11H2/b2-1-. The summed E-state index contributed by atoms with van der Waals surface area (Å²) in [7, 11) is 0. The number of thioether (sulfide) groups is 1. The third-order valence-electron chi connectivity index (χ3n) is 2.33. The lowest BCUT2D eigenvalue weighted by Gasteiger charge is -2.43. The number of β-lactam (4-membered cyclic amide) rings is 1. The second-order valence-electron chi connectivity index (χ2n) is 3.20. The third-order valence-corrected chi connectivity index (χ3v) is 3.75. The number of hydrogen-bond acceptors (Lipinski definition) is 3. The van der Waals surface area contributed by atoms with Crippen molar-refractivity contribution in [2.45, 2.75) is 11.8 Å². The average Bonchev–Trinajstić information content (AvgIpc) is 2.14. The zero-order valence-electron chi connectivity index (χ0n) is 7.57. The highest BCUT2D eigenvalue weighted by atomic mass is 35.5. The van der Waals surface area contributed by atoms with Gasteiger partial charge in [-0.25, -0.2) is 0 Å². The zero-order valence-corrected chi connectivity index (χ0v) is 9.14. The normalized spacial score (nSPS) is 26.8. The molecule has 76 valence electrons. The highest BCUT2D eigenvalue weighted by Gasteiger charge is 2.41. The molecule has 0 aromatic heterocycles. The Bertz CT molecular complexity index is 327. The Morgan fingerprint density at radius 1 is 1.71 bits per heavy atom. The minimum atomic E-state index is 0.122. The van der Waals surface area contributed by atoms with Gasteiger partial charge >= 0.3 is 0 Å². The van der Waals surface area contributed by atoms with Crippen LogP contribution >= 0.6 is 23.4 Å². The van der Waals surface area contributed by atoms with E-state index >= 15 is 0 Å². The maximum absolute atomic E-state index is 11.2. The average molecular weight is 231 g/mol. The number of carbonyl (C=O) groups excluding carboxylic acids is 1. The molecule has 0 aliphatic carbocycles. The Hall–Kier alpha value is -0.610. The van der Waals surface area contributed by atoms with Gasteiger partial charge in [0.1, 0.15) is 5.82 Å². The van der Waals surface area contributed by atoms with Crippen LogP contribution in [-0.2, 0) is 4.79 Å². The molecular formula is C9H11ClN2OS. The predicted molar refractivity (Wildman–Crippen MR) is 58.8 cm³/mol. The Labute approximate surface area is 92.0 Å². The third kappa shape index (κ3) is 1.53. The summed E-state index contributed by atoms with van der Waals surface area (Å²) in [6, 6.07) is 0. The predicted octanol–water partition coefficient (Wildman–Crippen LogP) is 1.26. The molecule has 0 aromatic carbocycles. The topological polar surface area (TPSA) is 46.3 Å². The Morgan fingerprint density at radius 2 is 2.50 bits per heavy atom. The van der Waals surface area contributed by atoms with Crippen LogP contribution in [0.3, 0.4) is 0 Å². The quantitative estimate of drug-likeness (QED) is 0.574. The molecule has 0 saturated carbocycles. The van der Waals surface area contributed by atoms with Crippen LogP contribution in [0.1, 0.15) is 6.42 Å². The summed E-state index contributed by atoms with van der Waals surface area (Å²) in [5.74, 6) is 2.06. The fraction of sp³-hybridized carbons (Fsp3) is 0.444. The van der Waals surface area contributed by atoms with Gasteiger partial charge in [-0.15, -0.1) is 23.4 Å². The first kappa shape index (κ1) is 9.93. The van der Waals surface area contributed by atoms with Gasteiger partial charge in [-0.2, -0.15) is 0 Å². The van der Waals surface area contributed by atoms with Crippen molar-refractivity contribution in [3.8, 4) is 0 Å². The van der Waals surface area contributed by atoms with E-state index in [0.29, 0.717) is 18.1 Å². The van der Waals surface area contributed by atoms with E-state index in [4.69, 9.17) is 17.3 Å². The lowest BCUT2D eigenvalue weighted by Crippen LogP contribution is -2.54. The second kappa shape index (κ2) is 3.87. The Morgan fingerprint density at radius 3 is 3.14 bits per heavy atom. The Kier molecular flexibility index (Phi) is 2.74. The van der Waals surface area contributed by atoms with E-state index in [1.807, 2.05) is 12.2 Å². The fourth-order valence-electron chi connectivity index (χ4n) is 1.55. The van der Waals surface area contributed by atoms with Crippen LogP contribution in [-0.4, -0.2) is 27.8 Å². The van der Waals surface area contributed by atoms with Crippen LogP contribution in [0.5, 0.6) is 0 Å². The summed E-state index contributed by atoms with van der Waals surface area (Å²) in [4.78, 5) is 12.9. The zero-order chi connectivity index (χ0) is 10.1. The largest absolute Gasteiger partial charge is 0.385 e. The van der Waals surface area contributed by atoms with Crippen molar-refractivity contribution in [3.63, 3.8) is 0 Å². The molecule has 1 unspecified atom stereocenters. The summed E-state index contributed by atoms with van der Waals surface area (Å²) < 4.78 is 0. The van der Waals surface area contributed by atoms with Gasteiger partial charge in [0.15, 0.2) is 0 Å². The van der Waals surface area contributed by atoms with E-state index in [0.717, 1.165) is 11.3 Å². The van der Waals surface area contributed by atoms with Crippen molar-refractivity contribution in [1.29, 1.82) is 0 Å². The van der Waals surface area contributed by atoms with Crippen LogP contribution < -0.4 is 5.73 Å². The molecule has 14 heavy (non-hydrogen) atoms. The number of nitrogens with zero attached hydrogens (tertiary/aromatic N) is 1. The smallest absolute Gasteiger partial charge is 0.232 e. The maximum Gasteiger partial charge on any atom is 0.232 e. The fourth-order valence-corrected chi connectivity index (χ4v) is 2.89. The number of carbonyl (C=O) groups is 1. The summed E-state index contributed by atoms with van der Waals surface area (Å²) in [5, 5.41) is 0.274. The Balaban J connectivity index is 2.19. The maximum atomic E-state index is 11.2. The molecule has 1 saturated heterocycles. The second-order valence-corrected chi connectivity index (χ2v) is 4.68. The van der Waals surface area contributed by atoms with Gasteiger partial charge in [0.2, 0.25) is 5.91 Å². The number of hydrogen-bond donors (Lipinski definition) is 1. The molecule has 5 heteroatoms. The van der Waals surface area contributed by atoms with E-state index < -0.39 is 0 Å². The summed E-state index contributed by atoms with van der Waals surface area (Å²) in [5.41, 5.74) is 6.87. The molecule has 0 spiro atoms. The summed E-state index contributed by atoms with van der Waals surface area (Å²) in [6.45, 7) is 0. The molecule has 2 rings (SSSR count). The van der Waals surface area contributed by atoms with Crippen molar-refractivity contribution in [2.24, 2.45) is 5.73 Å². The van der Waals surface area contributed by atoms with E-state index in [-0.39, 0.29) is 11.3 Å². The number of rotatable bonds is 2. The van der Waals surface area contributed by atoms with Gasteiger partial charge in [0.05, 0.1) is 11.8 Å². The van der Waals surface area contributed by atoms with Gasteiger partial charge in [-0.3, -0.25) is 9.69 Å². The van der Waals surface area contributed by atoms with E-state index in [1.165, 1.54) is 0 Å². The van der Waals surface area contributed by atoms with E-state index in [1.54, 1.807) is 16.7 Å². The molecule has 1 fully saturated rings. The lowest BCUT2D eigenvalue weighted by molar-refractivity contribution is -0.138. The van der Waals surface area contributed by atoms with Crippen LogP contribution in [0.15, 0.2) is 23.5 Å². The molecule has 1 amide bonds. The van der Waals surface area contributed by atoms with Gasteiger partial charge in [-0.05, 0) is 0 Å². The molecule has 3 nitrogen and oxygen atoms in total. The van der Waals surface area contributed by atoms with Crippen LogP contribution in [0.25, 0.3) is 0 Å². The van der Waals surface area contributed by atoms with Crippen LogP contribution in [0.2, 0.25) is 0 Å². The number of allylic oxidation sites excluding steroid dienone is 2. The van der Waals surface area contributed by atoms with Gasteiger partial charge in [0, 0.05) is 17.2 Å². The molecule has 2 aliphatic heterocycles. The number of fused-ring (bicyclic) bond motifs is 1. The summed E-state index contributed by atoms with van der Waals surface area (Å²) in [6.07, 6.45) is 4.36. The number of amides is 1. The molecule has 0 aromatic rings. The molecule has 1 atom stereocenters. The molecule has 2 N–H and O–H groups in total. The van der Waals surface area contributed by atoms with E-state index in [9.17, 15) is 4.79 Å². The number of halogens is 1. The van der Waals surface area contributed by atoms with Gasteiger partial charge in [0.25, 0.3) is 0 Å². The molecule has 0 radical (unpaired) electrons. The van der Waals surface area contributed by atoms with Crippen molar-refractivity contribution < 1.29 is 4.79 Å². The molecule has 2 aliphatic rings. The number of alkyl halides is 1. The molecule has 2 heterocycles. The monoisotopic (exact) mass is 230 g/mol. The minimum absolute atomic E-state index is 0.122. The van der Waals surface area contributed by atoms with Gasteiger partial charge in [-0.1, -0.05) is 12.2 Å². The molecular weight excluding hydrogens is 220 g/mol. The van der Waals surface area contributed by atoms with Crippen molar-refractivity contribution in [2.75, 3.05) is 11.6 Å². The number of nitrogens with two attached hydrogens (primary N) is 1. The summed E-state index contributed by atoms with van der Waals surface area (Å²) >= 11 is 7.29. The molecule has 0 bridgehead atoms. The lowest BCUT2D eigenvalue weighted by atomic mass is 10.1. The van der Waals surface area contributed by atoms with Gasteiger partial charge < -0.3 is 5.73 Å². The highest BCUT2D eigenvalue weighted by Crippen LogP contribution is 2.38. The SMILES string of the molecule is NC1=C(/C=C\CCl)CSC2CC(=O)N12. The first-order valence-corrected chi connectivity index (χ1v) is 5.97. The minimum Gasteiger partial charge on any atom is -0.385 e.